The maximum Gasteiger partial charge on any atom is 0.325 e. The second-order valence-electron chi connectivity index (χ2n) is 6.77. The predicted octanol–water partition coefficient (Wildman–Crippen LogP) is 0.155. The molecule has 26 heavy (non-hydrogen) atoms. The fourth-order valence-electron chi connectivity index (χ4n) is 3.33. The number of aliphatic hydroxyl groups is 1. The van der Waals surface area contributed by atoms with Crippen LogP contribution in [0.2, 0.25) is 0 Å². The fourth-order valence-corrected chi connectivity index (χ4v) is 3.33. The molecule has 0 unspecified atom stereocenters. The number of rotatable bonds is 6. The summed E-state index contributed by atoms with van der Waals surface area (Å²) in [5.74, 6) is 0.306. The number of carbonyl (C=O) groups is 2. The van der Waals surface area contributed by atoms with Crippen molar-refractivity contribution in [2.45, 2.75) is 18.6 Å². The molecule has 1 aromatic rings. The van der Waals surface area contributed by atoms with Crippen molar-refractivity contribution < 1.29 is 24.2 Å². The molecular formula is C18H25N3O5. The number of nitrogens with one attached hydrogen (secondary N) is 1. The number of methoxy groups -OCH3 is 1. The number of carbonyl (C=O) groups excluding carboxylic acids is 2. The Morgan fingerprint density at radius 2 is 1.88 bits per heavy atom. The van der Waals surface area contributed by atoms with Gasteiger partial charge in [0.25, 0.3) is 5.91 Å². The van der Waals surface area contributed by atoms with E-state index in [0.717, 1.165) is 18.0 Å². The number of aliphatic hydroxyl groups excluding tert-OH is 1. The first kappa shape index (κ1) is 18.6. The van der Waals surface area contributed by atoms with Crippen molar-refractivity contribution in [2.24, 2.45) is 0 Å². The lowest BCUT2D eigenvalue weighted by atomic mass is 9.92. The van der Waals surface area contributed by atoms with Gasteiger partial charge in [-0.2, -0.15) is 0 Å². The number of hydrogen-bond donors (Lipinski definition) is 2. The summed E-state index contributed by atoms with van der Waals surface area (Å²) in [7, 11) is 1.57. The van der Waals surface area contributed by atoms with Gasteiger partial charge in [-0.05, 0) is 24.6 Å². The molecule has 2 fully saturated rings. The zero-order valence-corrected chi connectivity index (χ0v) is 15.1. The van der Waals surface area contributed by atoms with E-state index in [4.69, 9.17) is 9.47 Å². The lowest BCUT2D eigenvalue weighted by Gasteiger charge is -2.29. The highest BCUT2D eigenvalue weighted by Crippen LogP contribution is 2.30. The van der Waals surface area contributed by atoms with Gasteiger partial charge in [0.2, 0.25) is 0 Å². The number of morpholine rings is 1. The van der Waals surface area contributed by atoms with Gasteiger partial charge in [0.15, 0.2) is 0 Å². The van der Waals surface area contributed by atoms with Crippen LogP contribution in [-0.4, -0.2) is 79.5 Å². The Morgan fingerprint density at radius 3 is 2.50 bits per heavy atom. The molecule has 2 N–H and O–H groups in total. The van der Waals surface area contributed by atoms with Crippen molar-refractivity contribution in [1.82, 2.24) is 15.1 Å². The van der Waals surface area contributed by atoms with E-state index >= 15 is 0 Å². The smallest absolute Gasteiger partial charge is 0.325 e. The largest absolute Gasteiger partial charge is 0.497 e. The summed E-state index contributed by atoms with van der Waals surface area (Å²) in [5.41, 5.74) is -0.482. The summed E-state index contributed by atoms with van der Waals surface area (Å²) in [6.07, 6.45) is -0.805. The average molecular weight is 363 g/mol. The monoisotopic (exact) mass is 363 g/mol. The van der Waals surface area contributed by atoms with Gasteiger partial charge in [-0.25, -0.2) is 4.79 Å². The summed E-state index contributed by atoms with van der Waals surface area (Å²) in [6.45, 7) is 4.77. The fraction of sp³-hybridized carbons (Fsp3) is 0.556. The van der Waals surface area contributed by atoms with Gasteiger partial charge < -0.3 is 19.9 Å². The predicted molar refractivity (Wildman–Crippen MR) is 93.9 cm³/mol. The summed E-state index contributed by atoms with van der Waals surface area (Å²) < 4.78 is 10.4. The first-order valence-electron chi connectivity index (χ1n) is 8.71. The molecule has 2 aliphatic heterocycles. The molecule has 3 amide bonds. The van der Waals surface area contributed by atoms with E-state index in [1.807, 2.05) is 0 Å². The van der Waals surface area contributed by atoms with E-state index < -0.39 is 17.7 Å². The number of urea groups is 1. The van der Waals surface area contributed by atoms with E-state index in [1.165, 1.54) is 0 Å². The zero-order chi connectivity index (χ0) is 18.7. The molecule has 2 atom stereocenters. The van der Waals surface area contributed by atoms with Crippen LogP contribution in [0, 0.1) is 0 Å². The quantitative estimate of drug-likeness (QED) is 0.700. The van der Waals surface area contributed by atoms with Crippen LogP contribution in [0.1, 0.15) is 12.5 Å². The van der Waals surface area contributed by atoms with Crippen LogP contribution >= 0.6 is 0 Å². The molecule has 2 heterocycles. The van der Waals surface area contributed by atoms with Crippen molar-refractivity contribution in [1.29, 1.82) is 0 Å². The van der Waals surface area contributed by atoms with Crippen LogP contribution in [0.15, 0.2) is 24.3 Å². The van der Waals surface area contributed by atoms with Gasteiger partial charge in [-0.1, -0.05) is 12.1 Å². The molecule has 8 heteroatoms. The minimum Gasteiger partial charge on any atom is -0.497 e. The third-order valence-corrected chi connectivity index (χ3v) is 4.91. The Hall–Kier alpha value is -2.16. The van der Waals surface area contributed by atoms with Crippen LogP contribution in [0.5, 0.6) is 5.75 Å². The third-order valence-electron chi connectivity index (χ3n) is 4.91. The van der Waals surface area contributed by atoms with Crippen LogP contribution in [0.25, 0.3) is 0 Å². The van der Waals surface area contributed by atoms with E-state index in [1.54, 1.807) is 38.3 Å². The number of β-amino-alcohol motifs (C(OH)–C–C–N with tert-alkyl or cyclic N) is 1. The molecular weight excluding hydrogens is 338 g/mol. The standard InChI is InChI=1S/C18H25N3O5/c1-18(13-3-5-15(25-2)6-4-13)16(23)21(17(24)19-18)12-14(22)11-20-7-9-26-10-8-20/h3-6,14,22H,7-12H2,1-2H3,(H,19,24)/t14-,18+/m1/s1. The first-order valence-corrected chi connectivity index (χ1v) is 8.71. The molecule has 8 nitrogen and oxygen atoms in total. The number of imide groups is 1. The van der Waals surface area contributed by atoms with Gasteiger partial charge in [0.05, 0.1) is 33.0 Å². The third kappa shape index (κ3) is 3.67. The zero-order valence-electron chi connectivity index (χ0n) is 15.1. The average Bonchev–Trinajstić information content (AvgIpc) is 2.86. The Bertz CT molecular complexity index is 659. The molecule has 0 radical (unpaired) electrons. The first-order chi connectivity index (χ1) is 12.4. The number of nitrogens with zero attached hydrogens (tertiary/aromatic N) is 2. The van der Waals surface area contributed by atoms with E-state index in [0.29, 0.717) is 31.1 Å². The number of hydrogen-bond acceptors (Lipinski definition) is 6. The second-order valence-corrected chi connectivity index (χ2v) is 6.77. The van der Waals surface area contributed by atoms with E-state index in [9.17, 15) is 14.7 Å². The summed E-state index contributed by atoms with van der Waals surface area (Å²) in [6, 6.07) is 6.51. The minimum atomic E-state index is -1.15. The number of amides is 3. The van der Waals surface area contributed by atoms with E-state index in [2.05, 4.69) is 10.2 Å². The molecule has 2 aliphatic rings. The molecule has 0 aliphatic carbocycles. The molecule has 0 aromatic heterocycles. The molecule has 1 aromatic carbocycles. The molecule has 0 bridgehead atoms. The van der Waals surface area contributed by atoms with Gasteiger partial charge in [0.1, 0.15) is 11.3 Å². The lowest BCUT2D eigenvalue weighted by Crippen LogP contribution is -2.46. The minimum absolute atomic E-state index is 0.0340. The molecule has 0 saturated carbocycles. The van der Waals surface area contributed by atoms with Crippen LogP contribution in [-0.2, 0) is 15.1 Å². The summed E-state index contributed by atoms with van der Waals surface area (Å²) in [4.78, 5) is 28.4. The molecule has 2 saturated heterocycles. The van der Waals surface area contributed by atoms with Gasteiger partial charge in [-0.3, -0.25) is 14.6 Å². The molecule has 142 valence electrons. The number of ether oxygens (including phenoxy) is 2. The highest BCUT2D eigenvalue weighted by molar-refractivity contribution is 6.07. The van der Waals surface area contributed by atoms with E-state index in [-0.39, 0.29) is 12.5 Å². The molecule has 0 spiro atoms. The highest BCUT2D eigenvalue weighted by atomic mass is 16.5. The van der Waals surface area contributed by atoms with Crippen LogP contribution in [0.4, 0.5) is 4.79 Å². The van der Waals surface area contributed by atoms with Crippen molar-refractivity contribution >= 4 is 11.9 Å². The lowest BCUT2D eigenvalue weighted by molar-refractivity contribution is -0.132. The van der Waals surface area contributed by atoms with Crippen LogP contribution < -0.4 is 10.1 Å². The van der Waals surface area contributed by atoms with Gasteiger partial charge in [-0.15, -0.1) is 0 Å². The molecule has 3 rings (SSSR count). The Kier molecular flexibility index (Phi) is 5.45. The summed E-state index contributed by atoms with van der Waals surface area (Å²) >= 11 is 0. The van der Waals surface area contributed by atoms with Crippen molar-refractivity contribution in [2.75, 3.05) is 46.5 Å². The Balaban J connectivity index is 1.67. The maximum absolute atomic E-state index is 12.9. The van der Waals surface area contributed by atoms with Crippen molar-refractivity contribution in [3.8, 4) is 5.75 Å². The highest BCUT2D eigenvalue weighted by Gasteiger charge is 2.49. The summed E-state index contributed by atoms with van der Waals surface area (Å²) in [5, 5.41) is 13.1. The number of benzene rings is 1. The van der Waals surface area contributed by atoms with Crippen molar-refractivity contribution in [3.05, 3.63) is 29.8 Å². The SMILES string of the molecule is COc1ccc([C@]2(C)NC(=O)N(C[C@H](O)CN3CCOCC3)C2=O)cc1. The maximum atomic E-state index is 12.9. The second kappa shape index (κ2) is 7.61. The van der Waals surface area contributed by atoms with Gasteiger partial charge in [0, 0.05) is 19.6 Å². The van der Waals surface area contributed by atoms with Crippen molar-refractivity contribution in [3.63, 3.8) is 0 Å². The normalized spacial score (nSPS) is 25.3. The van der Waals surface area contributed by atoms with Gasteiger partial charge >= 0.3 is 6.03 Å². The Morgan fingerprint density at radius 1 is 1.23 bits per heavy atom. The topological polar surface area (TPSA) is 91.3 Å². The Labute approximate surface area is 152 Å². The van der Waals surface area contributed by atoms with Crippen LogP contribution in [0.3, 0.4) is 0 Å².